The number of amides is 1. The number of rotatable bonds is 5. The van der Waals surface area contributed by atoms with E-state index in [0.29, 0.717) is 29.4 Å². The van der Waals surface area contributed by atoms with Gasteiger partial charge in [0.1, 0.15) is 11.5 Å². The van der Waals surface area contributed by atoms with Crippen LogP contribution in [0.2, 0.25) is 0 Å². The molecule has 2 fully saturated rings. The molecular weight excluding hydrogens is 360 g/mol. The van der Waals surface area contributed by atoms with Crippen LogP contribution in [0.3, 0.4) is 0 Å². The summed E-state index contributed by atoms with van der Waals surface area (Å²) < 4.78 is 22.1. The molecule has 1 aromatic carbocycles. The molecule has 2 aromatic rings. The minimum atomic E-state index is -0.225. The number of carbonyl (C=O) groups excluding carboxylic acids is 1. The maximum atomic E-state index is 12.7. The highest BCUT2D eigenvalue weighted by molar-refractivity contribution is 5.93. The molecule has 7 nitrogen and oxygen atoms in total. The van der Waals surface area contributed by atoms with E-state index in [0.717, 1.165) is 25.7 Å². The first-order valence-electron chi connectivity index (χ1n) is 9.76. The minimum Gasteiger partial charge on any atom is -0.497 e. The van der Waals surface area contributed by atoms with Gasteiger partial charge in [0.15, 0.2) is 11.5 Å². The van der Waals surface area contributed by atoms with Crippen molar-refractivity contribution in [2.45, 2.75) is 50.2 Å². The molecule has 150 valence electrons. The van der Waals surface area contributed by atoms with Gasteiger partial charge in [-0.3, -0.25) is 4.79 Å². The van der Waals surface area contributed by atoms with Gasteiger partial charge in [0, 0.05) is 18.7 Å². The van der Waals surface area contributed by atoms with Crippen LogP contribution in [0.4, 0.5) is 0 Å². The Morgan fingerprint density at radius 3 is 2.79 bits per heavy atom. The summed E-state index contributed by atoms with van der Waals surface area (Å²) in [5.41, 5.74) is 0.898. The monoisotopic (exact) mass is 386 g/mol. The molecular formula is C21H26N2O5. The summed E-state index contributed by atoms with van der Waals surface area (Å²) in [6.45, 7) is 0.690. The van der Waals surface area contributed by atoms with Crippen LogP contribution in [-0.4, -0.2) is 43.5 Å². The van der Waals surface area contributed by atoms with Gasteiger partial charge in [-0.2, -0.15) is 0 Å². The van der Waals surface area contributed by atoms with Crippen molar-refractivity contribution in [2.24, 2.45) is 0 Å². The summed E-state index contributed by atoms with van der Waals surface area (Å²) in [5.74, 6) is 1.52. The van der Waals surface area contributed by atoms with Crippen LogP contribution in [-0.2, 0) is 4.74 Å². The summed E-state index contributed by atoms with van der Waals surface area (Å²) in [7, 11) is 3.18. The maximum absolute atomic E-state index is 12.7. The number of ether oxygens (including phenoxy) is 3. The molecule has 1 atom stereocenters. The number of methoxy groups -OCH3 is 2. The lowest BCUT2D eigenvalue weighted by atomic mass is 9.89. The number of nitrogens with one attached hydrogen (secondary N) is 1. The average Bonchev–Trinajstić information content (AvgIpc) is 3.38. The van der Waals surface area contributed by atoms with Gasteiger partial charge in [0.2, 0.25) is 0 Å². The van der Waals surface area contributed by atoms with Crippen molar-refractivity contribution in [1.82, 2.24) is 10.5 Å². The third kappa shape index (κ3) is 3.71. The minimum absolute atomic E-state index is 0.0425. The second-order valence-electron chi connectivity index (χ2n) is 7.54. The van der Waals surface area contributed by atoms with E-state index in [1.807, 2.05) is 0 Å². The Kier molecular flexibility index (Phi) is 5.26. The van der Waals surface area contributed by atoms with E-state index in [4.69, 9.17) is 18.7 Å². The molecule has 1 spiro atoms. The van der Waals surface area contributed by atoms with E-state index >= 15 is 0 Å². The molecule has 1 aromatic heterocycles. The second-order valence-corrected chi connectivity index (χ2v) is 7.54. The zero-order valence-electron chi connectivity index (χ0n) is 16.3. The Balaban J connectivity index is 1.48. The lowest BCUT2D eigenvalue weighted by Gasteiger charge is -2.38. The Hall–Kier alpha value is -2.54. The van der Waals surface area contributed by atoms with Crippen LogP contribution in [0.1, 0.15) is 49.0 Å². The highest BCUT2D eigenvalue weighted by atomic mass is 16.5. The van der Waals surface area contributed by atoms with Crippen molar-refractivity contribution in [3.8, 4) is 22.8 Å². The fraction of sp³-hybridized carbons (Fsp3) is 0.524. The predicted molar refractivity (Wildman–Crippen MR) is 103 cm³/mol. The van der Waals surface area contributed by atoms with E-state index < -0.39 is 0 Å². The lowest BCUT2D eigenvalue weighted by molar-refractivity contribution is -0.0823. The fourth-order valence-electron chi connectivity index (χ4n) is 4.29. The number of aromatic nitrogens is 1. The molecule has 1 amide bonds. The van der Waals surface area contributed by atoms with Gasteiger partial charge in [-0.1, -0.05) is 18.0 Å². The van der Waals surface area contributed by atoms with Gasteiger partial charge in [-0.25, -0.2) is 0 Å². The standard InChI is InChI=1S/C21H26N2O5/c1-25-15-5-6-18(26-2)16(11-15)19-12-17(23-28-19)20(24)22-14-7-10-27-21(13-14)8-3-4-9-21/h5-6,11-12,14H,3-4,7-10,13H2,1-2H3,(H,22,24)/t14-/m0/s1. The number of nitrogens with zero attached hydrogens (tertiary/aromatic N) is 1. The maximum Gasteiger partial charge on any atom is 0.273 e. The Bertz CT molecular complexity index is 841. The van der Waals surface area contributed by atoms with E-state index in [1.165, 1.54) is 12.8 Å². The first-order chi connectivity index (χ1) is 13.6. The molecule has 1 saturated carbocycles. The summed E-state index contributed by atoms with van der Waals surface area (Å²) in [5, 5.41) is 7.07. The molecule has 1 aliphatic carbocycles. The van der Waals surface area contributed by atoms with Gasteiger partial charge < -0.3 is 24.1 Å². The van der Waals surface area contributed by atoms with E-state index in [1.54, 1.807) is 38.5 Å². The van der Waals surface area contributed by atoms with Crippen molar-refractivity contribution in [2.75, 3.05) is 20.8 Å². The van der Waals surface area contributed by atoms with E-state index in [-0.39, 0.29) is 23.2 Å². The van der Waals surface area contributed by atoms with Gasteiger partial charge in [-0.15, -0.1) is 0 Å². The second kappa shape index (κ2) is 7.83. The normalized spacial score (nSPS) is 20.9. The van der Waals surface area contributed by atoms with Crippen molar-refractivity contribution in [1.29, 1.82) is 0 Å². The topological polar surface area (TPSA) is 82.8 Å². The quantitative estimate of drug-likeness (QED) is 0.846. The van der Waals surface area contributed by atoms with Gasteiger partial charge in [0.25, 0.3) is 5.91 Å². The molecule has 2 aliphatic rings. The number of carbonyl (C=O) groups is 1. The van der Waals surface area contributed by atoms with Gasteiger partial charge >= 0.3 is 0 Å². The smallest absolute Gasteiger partial charge is 0.273 e. The van der Waals surface area contributed by atoms with Crippen LogP contribution in [0.15, 0.2) is 28.8 Å². The summed E-state index contributed by atoms with van der Waals surface area (Å²) in [4.78, 5) is 12.7. The molecule has 7 heteroatoms. The molecule has 2 heterocycles. The molecule has 1 aliphatic heterocycles. The SMILES string of the molecule is COc1ccc(OC)c(-c2cc(C(=O)N[C@H]3CCOC4(CCCC4)C3)no2)c1. The summed E-state index contributed by atoms with van der Waals surface area (Å²) in [6.07, 6.45) is 6.27. The zero-order chi connectivity index (χ0) is 19.6. The fourth-order valence-corrected chi connectivity index (χ4v) is 4.29. The highest BCUT2D eigenvalue weighted by Crippen LogP contribution is 2.40. The molecule has 1 saturated heterocycles. The van der Waals surface area contributed by atoms with Crippen LogP contribution in [0.25, 0.3) is 11.3 Å². The Morgan fingerprint density at radius 1 is 1.21 bits per heavy atom. The van der Waals surface area contributed by atoms with Crippen molar-refractivity contribution in [3.63, 3.8) is 0 Å². The van der Waals surface area contributed by atoms with Crippen LogP contribution in [0.5, 0.6) is 11.5 Å². The van der Waals surface area contributed by atoms with Crippen LogP contribution < -0.4 is 14.8 Å². The lowest BCUT2D eigenvalue weighted by Crippen LogP contribution is -2.47. The number of hydrogen-bond donors (Lipinski definition) is 1. The Morgan fingerprint density at radius 2 is 2.04 bits per heavy atom. The summed E-state index contributed by atoms with van der Waals surface area (Å²) in [6, 6.07) is 7.13. The average molecular weight is 386 g/mol. The predicted octanol–water partition coefficient (Wildman–Crippen LogP) is 3.58. The molecule has 0 unspecified atom stereocenters. The first kappa shape index (κ1) is 18.8. The molecule has 28 heavy (non-hydrogen) atoms. The molecule has 0 radical (unpaired) electrons. The van der Waals surface area contributed by atoms with Crippen molar-refractivity contribution in [3.05, 3.63) is 30.0 Å². The summed E-state index contributed by atoms with van der Waals surface area (Å²) >= 11 is 0. The van der Waals surface area contributed by atoms with Gasteiger partial charge in [0.05, 0.1) is 25.4 Å². The van der Waals surface area contributed by atoms with Gasteiger partial charge in [-0.05, 0) is 43.9 Å². The molecule has 0 bridgehead atoms. The molecule has 4 rings (SSSR count). The number of benzene rings is 1. The largest absolute Gasteiger partial charge is 0.497 e. The van der Waals surface area contributed by atoms with E-state index in [2.05, 4.69) is 10.5 Å². The number of hydrogen-bond acceptors (Lipinski definition) is 6. The third-order valence-electron chi connectivity index (χ3n) is 5.76. The van der Waals surface area contributed by atoms with Crippen molar-refractivity contribution < 1.29 is 23.5 Å². The Labute approximate surface area is 164 Å². The first-order valence-corrected chi connectivity index (χ1v) is 9.76. The van der Waals surface area contributed by atoms with Crippen LogP contribution >= 0.6 is 0 Å². The molecule has 1 N–H and O–H groups in total. The van der Waals surface area contributed by atoms with Crippen LogP contribution in [0, 0.1) is 0 Å². The third-order valence-corrected chi connectivity index (χ3v) is 5.76. The van der Waals surface area contributed by atoms with E-state index in [9.17, 15) is 4.79 Å². The zero-order valence-corrected chi connectivity index (χ0v) is 16.3. The van der Waals surface area contributed by atoms with Crippen molar-refractivity contribution >= 4 is 5.91 Å². The highest BCUT2D eigenvalue weighted by Gasteiger charge is 2.40.